The molecular formula is C22H23N5O3. The van der Waals surface area contributed by atoms with Crippen LogP contribution in [0.5, 0.6) is 0 Å². The molecule has 0 saturated carbocycles. The van der Waals surface area contributed by atoms with Crippen molar-refractivity contribution in [1.29, 1.82) is 0 Å². The van der Waals surface area contributed by atoms with E-state index < -0.39 is 5.91 Å². The summed E-state index contributed by atoms with van der Waals surface area (Å²) >= 11 is 0. The minimum Gasteiger partial charge on any atom is -0.349 e. The molecule has 1 aliphatic rings. The molecule has 0 saturated heterocycles. The van der Waals surface area contributed by atoms with E-state index in [0.717, 1.165) is 41.6 Å². The summed E-state index contributed by atoms with van der Waals surface area (Å²) in [7, 11) is 0. The van der Waals surface area contributed by atoms with Gasteiger partial charge < -0.3 is 5.32 Å². The Morgan fingerprint density at radius 3 is 2.60 bits per heavy atom. The predicted molar refractivity (Wildman–Crippen MR) is 112 cm³/mol. The lowest BCUT2D eigenvalue weighted by molar-refractivity contribution is 0.0944. The number of hydrogen-bond donors (Lipinski definition) is 1. The zero-order chi connectivity index (χ0) is 21.1. The van der Waals surface area contributed by atoms with Crippen molar-refractivity contribution < 1.29 is 4.79 Å². The van der Waals surface area contributed by atoms with Crippen LogP contribution in [0.15, 0.2) is 52.1 Å². The van der Waals surface area contributed by atoms with E-state index in [0.29, 0.717) is 0 Å². The lowest BCUT2D eigenvalue weighted by Gasteiger charge is -2.09. The second-order valence-corrected chi connectivity index (χ2v) is 7.49. The number of amides is 1. The van der Waals surface area contributed by atoms with Crippen LogP contribution < -0.4 is 16.4 Å². The summed E-state index contributed by atoms with van der Waals surface area (Å²) in [6.07, 6.45) is 2.81. The van der Waals surface area contributed by atoms with Gasteiger partial charge in [0.25, 0.3) is 17.0 Å². The van der Waals surface area contributed by atoms with Crippen LogP contribution >= 0.6 is 0 Å². The molecule has 3 aromatic rings. The number of carbonyl (C=O) groups excluding carboxylic acids is 1. The highest BCUT2D eigenvalue weighted by atomic mass is 16.2. The fourth-order valence-corrected chi connectivity index (χ4v) is 3.52. The van der Waals surface area contributed by atoms with Crippen molar-refractivity contribution in [2.24, 2.45) is 0 Å². The van der Waals surface area contributed by atoms with Crippen LogP contribution in [0.3, 0.4) is 0 Å². The fourth-order valence-electron chi connectivity index (χ4n) is 3.52. The zero-order valence-electron chi connectivity index (χ0n) is 16.8. The van der Waals surface area contributed by atoms with Crippen LogP contribution in [-0.4, -0.2) is 32.0 Å². The van der Waals surface area contributed by atoms with Gasteiger partial charge in [0, 0.05) is 18.7 Å². The Bertz CT molecular complexity index is 1190. The third kappa shape index (κ3) is 4.37. The predicted octanol–water partition coefficient (Wildman–Crippen LogP) is 1.08. The van der Waals surface area contributed by atoms with Crippen LogP contribution in [0.2, 0.25) is 0 Å². The first kappa shape index (κ1) is 19.8. The number of benzene rings is 1. The van der Waals surface area contributed by atoms with Crippen LogP contribution in [-0.2, 0) is 25.9 Å². The van der Waals surface area contributed by atoms with E-state index in [4.69, 9.17) is 0 Å². The maximum Gasteiger partial charge on any atom is 0.271 e. The number of carbonyl (C=O) groups is 1. The van der Waals surface area contributed by atoms with Gasteiger partial charge >= 0.3 is 0 Å². The van der Waals surface area contributed by atoms with Crippen molar-refractivity contribution >= 4 is 5.91 Å². The smallest absolute Gasteiger partial charge is 0.271 e. The van der Waals surface area contributed by atoms with Crippen molar-refractivity contribution in [3.05, 3.63) is 91.3 Å². The van der Waals surface area contributed by atoms with E-state index in [9.17, 15) is 14.4 Å². The third-order valence-corrected chi connectivity index (χ3v) is 5.19. The summed E-state index contributed by atoms with van der Waals surface area (Å²) in [5.41, 5.74) is 3.76. The van der Waals surface area contributed by atoms with Gasteiger partial charge in [-0.3, -0.25) is 14.4 Å². The average Bonchev–Trinajstić information content (AvgIpc) is 3.18. The van der Waals surface area contributed by atoms with Crippen LogP contribution in [0, 0.1) is 6.92 Å². The molecule has 8 nitrogen and oxygen atoms in total. The molecule has 0 atom stereocenters. The average molecular weight is 405 g/mol. The third-order valence-electron chi connectivity index (χ3n) is 5.19. The van der Waals surface area contributed by atoms with E-state index in [2.05, 4.69) is 15.5 Å². The second kappa shape index (κ2) is 8.44. The monoisotopic (exact) mass is 405 g/mol. The van der Waals surface area contributed by atoms with E-state index in [1.54, 1.807) is 6.07 Å². The van der Waals surface area contributed by atoms with Gasteiger partial charge in [-0.2, -0.15) is 10.2 Å². The van der Waals surface area contributed by atoms with Gasteiger partial charge in [-0.15, -0.1) is 0 Å². The van der Waals surface area contributed by atoms with E-state index in [1.165, 1.54) is 21.5 Å². The molecule has 1 aliphatic carbocycles. The first-order chi connectivity index (χ1) is 14.5. The van der Waals surface area contributed by atoms with Crippen molar-refractivity contribution in [1.82, 2.24) is 24.9 Å². The molecule has 0 unspecified atom stereocenters. The number of aromatic nitrogens is 4. The topological polar surface area (TPSA) is 98.9 Å². The summed E-state index contributed by atoms with van der Waals surface area (Å²) < 4.78 is 2.66. The molecule has 0 spiro atoms. The Labute approximate surface area is 173 Å². The molecule has 1 amide bonds. The first-order valence-electron chi connectivity index (χ1n) is 10.0. The summed E-state index contributed by atoms with van der Waals surface area (Å²) in [6.45, 7) is 2.80. The summed E-state index contributed by atoms with van der Waals surface area (Å²) in [5.74, 6) is -0.401. The Kier molecular flexibility index (Phi) is 5.56. The molecule has 4 rings (SSSR count). The number of hydrogen-bond acceptors (Lipinski definition) is 5. The molecule has 0 bridgehead atoms. The minimum atomic E-state index is -0.401. The van der Waals surface area contributed by atoms with E-state index >= 15 is 0 Å². The molecule has 0 fully saturated rings. The number of nitrogens with one attached hydrogen (secondary N) is 1. The second-order valence-electron chi connectivity index (χ2n) is 7.49. The zero-order valence-corrected chi connectivity index (χ0v) is 16.8. The minimum absolute atomic E-state index is 0.149. The molecule has 1 aromatic carbocycles. The molecule has 2 heterocycles. The van der Waals surface area contributed by atoms with Crippen LogP contribution in [0.25, 0.3) is 0 Å². The quantitative estimate of drug-likeness (QED) is 0.662. The normalized spacial score (nSPS) is 12.6. The Morgan fingerprint density at radius 1 is 1.00 bits per heavy atom. The summed E-state index contributed by atoms with van der Waals surface area (Å²) in [6, 6.07) is 12.2. The van der Waals surface area contributed by atoms with Gasteiger partial charge in [0.2, 0.25) is 0 Å². The maximum atomic E-state index is 12.5. The van der Waals surface area contributed by atoms with Gasteiger partial charge in [0.1, 0.15) is 5.69 Å². The standard InChI is InChI=1S/C22H23N5O3/c1-15-5-7-16(8-6-15)14-27-20(28)10-9-19(25-27)22(30)23-11-12-26-21(29)13-17-3-2-4-18(17)24-26/h5-10,13H,2-4,11-12,14H2,1H3,(H,23,30). The Balaban J connectivity index is 1.41. The molecule has 0 radical (unpaired) electrons. The maximum absolute atomic E-state index is 12.5. The lowest BCUT2D eigenvalue weighted by Crippen LogP contribution is -2.34. The van der Waals surface area contributed by atoms with Crippen molar-refractivity contribution in [3.63, 3.8) is 0 Å². The highest BCUT2D eigenvalue weighted by Gasteiger charge is 2.15. The van der Waals surface area contributed by atoms with Gasteiger partial charge in [0.05, 0.1) is 18.8 Å². The fraction of sp³-hybridized carbons (Fsp3) is 0.318. The number of rotatable bonds is 6. The Hall–Kier alpha value is -3.55. The van der Waals surface area contributed by atoms with E-state index in [-0.39, 0.29) is 36.4 Å². The molecular weight excluding hydrogens is 382 g/mol. The van der Waals surface area contributed by atoms with Gasteiger partial charge in [-0.25, -0.2) is 9.36 Å². The molecule has 1 N–H and O–H groups in total. The van der Waals surface area contributed by atoms with Gasteiger partial charge in [-0.1, -0.05) is 29.8 Å². The molecule has 8 heteroatoms. The molecule has 154 valence electrons. The van der Waals surface area contributed by atoms with Crippen LogP contribution in [0.4, 0.5) is 0 Å². The summed E-state index contributed by atoms with van der Waals surface area (Å²) in [5, 5.41) is 11.3. The van der Waals surface area contributed by atoms with Gasteiger partial charge in [-0.05, 0) is 43.4 Å². The lowest BCUT2D eigenvalue weighted by atomic mass is 10.1. The summed E-state index contributed by atoms with van der Waals surface area (Å²) in [4.78, 5) is 36.7. The Morgan fingerprint density at radius 2 is 1.80 bits per heavy atom. The molecule has 2 aromatic heterocycles. The number of nitrogens with zero attached hydrogens (tertiary/aromatic N) is 4. The van der Waals surface area contributed by atoms with E-state index in [1.807, 2.05) is 31.2 Å². The number of aryl methyl sites for hydroxylation is 3. The molecule has 0 aliphatic heterocycles. The largest absolute Gasteiger partial charge is 0.349 e. The highest BCUT2D eigenvalue weighted by molar-refractivity contribution is 5.91. The number of fused-ring (bicyclic) bond motifs is 1. The van der Waals surface area contributed by atoms with Gasteiger partial charge in [0.15, 0.2) is 0 Å². The SMILES string of the molecule is Cc1ccc(Cn2nc(C(=O)NCCn3nc4c(cc3=O)CCC4)ccc2=O)cc1. The van der Waals surface area contributed by atoms with Crippen molar-refractivity contribution in [2.75, 3.05) is 6.54 Å². The van der Waals surface area contributed by atoms with Crippen LogP contribution in [0.1, 0.15) is 39.3 Å². The van der Waals surface area contributed by atoms with Crippen molar-refractivity contribution in [2.45, 2.75) is 39.3 Å². The molecule has 30 heavy (non-hydrogen) atoms. The highest BCUT2D eigenvalue weighted by Crippen LogP contribution is 2.16. The first-order valence-corrected chi connectivity index (χ1v) is 10.0. The van der Waals surface area contributed by atoms with Crippen molar-refractivity contribution in [3.8, 4) is 0 Å².